The first-order chi connectivity index (χ1) is 7.79. The number of ether oxygens (including phenoxy) is 1. The standard InChI is InChI=1S/C12H17BrN2O2/c1-12(2,3)17-11(16)15-7-8-5-4-6-9(13)10(8)14/h4-6H,7,14H2,1-3H3,(H,15,16). The van der Waals surface area contributed by atoms with E-state index in [1.807, 2.05) is 39.0 Å². The molecule has 0 unspecified atom stereocenters. The van der Waals surface area contributed by atoms with Gasteiger partial charge in [0.25, 0.3) is 0 Å². The normalized spacial score (nSPS) is 11.1. The molecular formula is C12H17BrN2O2. The summed E-state index contributed by atoms with van der Waals surface area (Å²) in [5.41, 5.74) is 6.84. The van der Waals surface area contributed by atoms with Crippen molar-refractivity contribution in [3.63, 3.8) is 0 Å². The second kappa shape index (κ2) is 5.40. The number of amides is 1. The molecule has 1 amide bonds. The fourth-order valence-electron chi connectivity index (χ4n) is 1.22. The Hall–Kier alpha value is -1.23. The van der Waals surface area contributed by atoms with Crippen LogP contribution in [0.5, 0.6) is 0 Å². The molecule has 0 aliphatic heterocycles. The predicted molar refractivity (Wildman–Crippen MR) is 71.6 cm³/mol. The van der Waals surface area contributed by atoms with Gasteiger partial charge in [-0.25, -0.2) is 4.79 Å². The van der Waals surface area contributed by atoms with Crippen LogP contribution in [0.3, 0.4) is 0 Å². The van der Waals surface area contributed by atoms with E-state index < -0.39 is 11.7 Å². The monoisotopic (exact) mass is 300 g/mol. The summed E-state index contributed by atoms with van der Waals surface area (Å²) in [6, 6.07) is 5.58. The van der Waals surface area contributed by atoms with Crippen molar-refractivity contribution in [1.82, 2.24) is 5.32 Å². The van der Waals surface area contributed by atoms with Gasteiger partial charge in [0.1, 0.15) is 5.60 Å². The zero-order valence-corrected chi connectivity index (χ0v) is 11.8. The average Bonchev–Trinajstić information content (AvgIpc) is 2.18. The highest BCUT2D eigenvalue weighted by atomic mass is 79.9. The third-order valence-corrected chi connectivity index (χ3v) is 2.66. The number of nitrogen functional groups attached to an aromatic ring is 1. The molecule has 0 radical (unpaired) electrons. The zero-order valence-electron chi connectivity index (χ0n) is 10.2. The summed E-state index contributed by atoms with van der Waals surface area (Å²) in [6.45, 7) is 5.81. The molecule has 0 atom stereocenters. The molecule has 94 valence electrons. The molecule has 5 heteroatoms. The third kappa shape index (κ3) is 4.65. The van der Waals surface area contributed by atoms with Crippen LogP contribution in [-0.2, 0) is 11.3 Å². The highest BCUT2D eigenvalue weighted by Gasteiger charge is 2.16. The van der Waals surface area contributed by atoms with Crippen LogP contribution in [0.4, 0.5) is 10.5 Å². The van der Waals surface area contributed by atoms with Gasteiger partial charge < -0.3 is 15.8 Å². The van der Waals surface area contributed by atoms with Gasteiger partial charge in [0.15, 0.2) is 0 Å². The zero-order chi connectivity index (χ0) is 13.1. The van der Waals surface area contributed by atoms with E-state index in [9.17, 15) is 4.79 Å². The Labute approximate surface area is 110 Å². The molecule has 1 rings (SSSR count). The van der Waals surface area contributed by atoms with Crippen LogP contribution in [0.25, 0.3) is 0 Å². The third-order valence-electron chi connectivity index (χ3n) is 1.97. The summed E-state index contributed by atoms with van der Waals surface area (Å²) in [4.78, 5) is 11.4. The van der Waals surface area contributed by atoms with E-state index in [-0.39, 0.29) is 0 Å². The van der Waals surface area contributed by atoms with E-state index in [0.717, 1.165) is 10.0 Å². The van der Waals surface area contributed by atoms with E-state index in [2.05, 4.69) is 21.2 Å². The molecule has 4 nitrogen and oxygen atoms in total. The van der Waals surface area contributed by atoms with E-state index in [4.69, 9.17) is 10.5 Å². The van der Waals surface area contributed by atoms with Gasteiger partial charge in [-0.1, -0.05) is 12.1 Å². The highest BCUT2D eigenvalue weighted by molar-refractivity contribution is 9.10. The van der Waals surface area contributed by atoms with Crippen LogP contribution in [0, 0.1) is 0 Å². The van der Waals surface area contributed by atoms with E-state index in [1.54, 1.807) is 0 Å². The topological polar surface area (TPSA) is 64.3 Å². The summed E-state index contributed by atoms with van der Waals surface area (Å²) >= 11 is 3.33. The Morgan fingerprint density at radius 1 is 1.47 bits per heavy atom. The predicted octanol–water partition coefficient (Wildman–Crippen LogP) is 3.06. The van der Waals surface area contributed by atoms with Crippen molar-refractivity contribution in [3.05, 3.63) is 28.2 Å². The summed E-state index contributed by atoms with van der Waals surface area (Å²) < 4.78 is 5.95. The Morgan fingerprint density at radius 3 is 2.71 bits per heavy atom. The fraction of sp³-hybridized carbons (Fsp3) is 0.417. The molecule has 0 saturated heterocycles. The SMILES string of the molecule is CC(C)(C)OC(=O)NCc1cccc(Br)c1N. The van der Waals surface area contributed by atoms with Crippen LogP contribution in [0.15, 0.2) is 22.7 Å². The number of hydrogen-bond acceptors (Lipinski definition) is 3. The number of carbonyl (C=O) groups is 1. The van der Waals surface area contributed by atoms with Crippen molar-refractivity contribution in [2.75, 3.05) is 5.73 Å². The van der Waals surface area contributed by atoms with Crippen molar-refractivity contribution in [2.24, 2.45) is 0 Å². The highest BCUT2D eigenvalue weighted by Crippen LogP contribution is 2.22. The first-order valence-electron chi connectivity index (χ1n) is 5.29. The molecular weight excluding hydrogens is 284 g/mol. The summed E-state index contributed by atoms with van der Waals surface area (Å²) in [5, 5.41) is 2.66. The molecule has 0 spiro atoms. The second-order valence-electron chi connectivity index (χ2n) is 4.67. The molecule has 0 aromatic heterocycles. The average molecular weight is 301 g/mol. The van der Waals surface area contributed by atoms with Gasteiger partial charge in [-0.3, -0.25) is 0 Å². The summed E-state index contributed by atoms with van der Waals surface area (Å²) in [7, 11) is 0. The Morgan fingerprint density at radius 2 is 2.12 bits per heavy atom. The maximum atomic E-state index is 11.4. The molecule has 3 N–H and O–H groups in total. The van der Waals surface area contributed by atoms with Crippen LogP contribution in [-0.4, -0.2) is 11.7 Å². The lowest BCUT2D eigenvalue weighted by Gasteiger charge is -2.20. The first kappa shape index (κ1) is 13.8. The summed E-state index contributed by atoms with van der Waals surface area (Å²) in [5.74, 6) is 0. The number of alkyl carbamates (subject to hydrolysis) is 1. The number of benzene rings is 1. The van der Waals surface area contributed by atoms with Gasteiger partial charge >= 0.3 is 6.09 Å². The minimum atomic E-state index is -0.493. The quantitative estimate of drug-likeness (QED) is 0.825. The molecule has 0 heterocycles. The van der Waals surface area contributed by atoms with Crippen LogP contribution >= 0.6 is 15.9 Å². The molecule has 0 saturated carbocycles. The minimum absolute atomic E-state index is 0.347. The van der Waals surface area contributed by atoms with Gasteiger partial charge in [-0.2, -0.15) is 0 Å². The number of nitrogens with two attached hydrogens (primary N) is 1. The number of carbonyl (C=O) groups excluding carboxylic acids is 1. The van der Waals surface area contributed by atoms with E-state index in [0.29, 0.717) is 12.2 Å². The maximum absolute atomic E-state index is 11.4. The Kier molecular flexibility index (Phi) is 4.40. The largest absolute Gasteiger partial charge is 0.444 e. The number of halogens is 1. The first-order valence-corrected chi connectivity index (χ1v) is 6.08. The van der Waals surface area contributed by atoms with E-state index in [1.165, 1.54) is 0 Å². The van der Waals surface area contributed by atoms with Crippen LogP contribution < -0.4 is 11.1 Å². The van der Waals surface area contributed by atoms with Gasteiger partial charge in [-0.15, -0.1) is 0 Å². The number of rotatable bonds is 2. The lowest BCUT2D eigenvalue weighted by atomic mass is 10.2. The molecule has 17 heavy (non-hydrogen) atoms. The maximum Gasteiger partial charge on any atom is 0.407 e. The van der Waals surface area contributed by atoms with Gasteiger partial charge in [0.05, 0.1) is 5.69 Å². The number of nitrogens with one attached hydrogen (secondary N) is 1. The second-order valence-corrected chi connectivity index (χ2v) is 5.52. The molecule has 0 aliphatic carbocycles. The smallest absolute Gasteiger partial charge is 0.407 e. The lowest BCUT2D eigenvalue weighted by molar-refractivity contribution is 0.0523. The van der Waals surface area contributed by atoms with Crippen LogP contribution in [0.1, 0.15) is 26.3 Å². The molecule has 0 bridgehead atoms. The number of hydrogen-bond donors (Lipinski definition) is 2. The van der Waals surface area contributed by atoms with Crippen molar-refractivity contribution >= 4 is 27.7 Å². The number of anilines is 1. The molecule has 0 aliphatic rings. The van der Waals surface area contributed by atoms with Crippen molar-refractivity contribution in [3.8, 4) is 0 Å². The molecule has 1 aromatic rings. The Bertz CT molecular complexity index is 413. The van der Waals surface area contributed by atoms with Crippen molar-refractivity contribution in [1.29, 1.82) is 0 Å². The van der Waals surface area contributed by atoms with E-state index >= 15 is 0 Å². The summed E-state index contributed by atoms with van der Waals surface area (Å²) in [6.07, 6.45) is -0.447. The van der Waals surface area contributed by atoms with Crippen molar-refractivity contribution < 1.29 is 9.53 Å². The fourth-order valence-corrected chi connectivity index (χ4v) is 1.62. The van der Waals surface area contributed by atoms with Gasteiger partial charge in [0, 0.05) is 11.0 Å². The minimum Gasteiger partial charge on any atom is -0.444 e. The number of para-hydroxylation sites is 1. The Balaban J connectivity index is 2.56. The molecule has 1 aromatic carbocycles. The lowest BCUT2D eigenvalue weighted by Crippen LogP contribution is -2.32. The molecule has 0 fully saturated rings. The van der Waals surface area contributed by atoms with Gasteiger partial charge in [0.2, 0.25) is 0 Å². The van der Waals surface area contributed by atoms with Gasteiger partial charge in [-0.05, 0) is 48.3 Å². The van der Waals surface area contributed by atoms with Crippen molar-refractivity contribution in [2.45, 2.75) is 32.9 Å². The van der Waals surface area contributed by atoms with Crippen LogP contribution in [0.2, 0.25) is 0 Å².